The first-order valence-electron chi connectivity index (χ1n) is 3.93. The number of aryl methyl sites for hydroxylation is 1. The van der Waals surface area contributed by atoms with E-state index in [9.17, 15) is 4.79 Å². The summed E-state index contributed by atoms with van der Waals surface area (Å²) in [6.45, 7) is 0.690. The molecule has 0 unspecified atom stereocenters. The van der Waals surface area contributed by atoms with Crippen molar-refractivity contribution >= 4 is 5.91 Å². The molecule has 0 aromatic carbocycles. The van der Waals surface area contributed by atoms with Crippen LogP contribution in [0.15, 0.2) is 12.3 Å². The zero-order valence-corrected chi connectivity index (χ0v) is 7.66. The molecule has 72 valence electrons. The summed E-state index contributed by atoms with van der Waals surface area (Å²) in [6.07, 6.45) is 1.66. The third-order valence-electron chi connectivity index (χ3n) is 1.83. The predicted molar refractivity (Wildman–Crippen MR) is 47.4 cm³/mol. The fourth-order valence-electron chi connectivity index (χ4n) is 1.16. The Balaban J connectivity index is 2.88. The van der Waals surface area contributed by atoms with Gasteiger partial charge in [-0.3, -0.25) is 10.0 Å². The van der Waals surface area contributed by atoms with Gasteiger partial charge in [-0.25, -0.2) is 5.48 Å². The summed E-state index contributed by atoms with van der Waals surface area (Å²) in [5.41, 5.74) is 3.03. The van der Waals surface area contributed by atoms with E-state index in [1.54, 1.807) is 17.7 Å². The Bertz CT molecular complexity index is 306. The van der Waals surface area contributed by atoms with Gasteiger partial charge in [0.25, 0.3) is 5.91 Å². The van der Waals surface area contributed by atoms with E-state index in [0.717, 1.165) is 5.69 Å². The standard InChI is InChI=1S/C8H13N3O2/c1-9-4-7-3-6(5-11(7)2)8(12)10-13/h3,5,9,13H,4H2,1-2H3,(H,10,12). The normalized spacial score (nSPS) is 10.1. The van der Waals surface area contributed by atoms with Gasteiger partial charge in [0.1, 0.15) is 0 Å². The molecule has 0 aliphatic rings. The number of carbonyl (C=O) groups excluding carboxylic acids is 1. The van der Waals surface area contributed by atoms with Gasteiger partial charge in [0.2, 0.25) is 0 Å². The fourth-order valence-corrected chi connectivity index (χ4v) is 1.16. The van der Waals surface area contributed by atoms with Gasteiger partial charge in [0.05, 0.1) is 5.56 Å². The highest BCUT2D eigenvalue weighted by atomic mass is 16.5. The van der Waals surface area contributed by atoms with Gasteiger partial charge < -0.3 is 9.88 Å². The molecular formula is C8H13N3O2. The van der Waals surface area contributed by atoms with E-state index in [2.05, 4.69) is 5.32 Å². The summed E-state index contributed by atoms with van der Waals surface area (Å²) in [5, 5.41) is 11.4. The number of carbonyl (C=O) groups is 1. The van der Waals surface area contributed by atoms with Crippen LogP contribution in [0, 0.1) is 0 Å². The first-order valence-corrected chi connectivity index (χ1v) is 3.93. The van der Waals surface area contributed by atoms with Crippen LogP contribution in [0.25, 0.3) is 0 Å². The Labute approximate surface area is 76.3 Å². The van der Waals surface area contributed by atoms with Crippen LogP contribution >= 0.6 is 0 Å². The topological polar surface area (TPSA) is 66.3 Å². The second-order valence-corrected chi connectivity index (χ2v) is 2.80. The number of hydrogen-bond donors (Lipinski definition) is 3. The lowest BCUT2D eigenvalue weighted by molar-refractivity contribution is 0.0706. The Morgan fingerprint density at radius 2 is 2.38 bits per heavy atom. The highest BCUT2D eigenvalue weighted by Crippen LogP contribution is 2.06. The van der Waals surface area contributed by atoms with E-state index < -0.39 is 5.91 Å². The Morgan fingerprint density at radius 3 is 2.92 bits per heavy atom. The Hall–Kier alpha value is -1.33. The summed E-state index contributed by atoms with van der Waals surface area (Å²) in [4.78, 5) is 11.0. The van der Waals surface area contributed by atoms with Gasteiger partial charge in [-0.2, -0.15) is 0 Å². The summed E-state index contributed by atoms with van der Waals surface area (Å²) in [6, 6.07) is 1.72. The lowest BCUT2D eigenvalue weighted by Crippen LogP contribution is -2.17. The zero-order chi connectivity index (χ0) is 9.84. The van der Waals surface area contributed by atoms with E-state index in [-0.39, 0.29) is 0 Å². The van der Waals surface area contributed by atoms with Crippen molar-refractivity contribution in [2.75, 3.05) is 7.05 Å². The average molecular weight is 183 g/mol. The van der Waals surface area contributed by atoms with Crippen LogP contribution in [0.3, 0.4) is 0 Å². The number of hydrogen-bond acceptors (Lipinski definition) is 3. The maximum absolute atomic E-state index is 11.0. The van der Waals surface area contributed by atoms with Crippen LogP contribution < -0.4 is 10.8 Å². The molecule has 0 spiro atoms. The van der Waals surface area contributed by atoms with Gasteiger partial charge in [-0.05, 0) is 13.1 Å². The second kappa shape index (κ2) is 4.06. The number of nitrogens with one attached hydrogen (secondary N) is 2. The van der Waals surface area contributed by atoms with Gasteiger partial charge in [0.15, 0.2) is 0 Å². The van der Waals surface area contributed by atoms with Crippen molar-refractivity contribution in [1.82, 2.24) is 15.4 Å². The molecule has 13 heavy (non-hydrogen) atoms. The number of aromatic nitrogens is 1. The lowest BCUT2D eigenvalue weighted by atomic mass is 10.3. The molecule has 0 atom stereocenters. The Kier molecular flexibility index (Phi) is 3.05. The summed E-state index contributed by atoms with van der Waals surface area (Å²) in [5.74, 6) is -0.488. The summed E-state index contributed by atoms with van der Waals surface area (Å²) in [7, 11) is 3.68. The lowest BCUT2D eigenvalue weighted by Gasteiger charge is -1.99. The van der Waals surface area contributed by atoms with Crippen molar-refractivity contribution in [3.63, 3.8) is 0 Å². The van der Waals surface area contributed by atoms with Crippen LogP contribution in [-0.2, 0) is 13.6 Å². The summed E-state index contributed by atoms with van der Waals surface area (Å²) >= 11 is 0. The van der Waals surface area contributed by atoms with Gasteiger partial charge in [-0.1, -0.05) is 0 Å². The van der Waals surface area contributed by atoms with Gasteiger partial charge in [-0.15, -0.1) is 0 Å². The quantitative estimate of drug-likeness (QED) is 0.451. The number of hydroxylamine groups is 1. The molecule has 0 bridgehead atoms. The van der Waals surface area contributed by atoms with Crippen molar-refractivity contribution in [2.24, 2.45) is 7.05 Å². The van der Waals surface area contributed by atoms with Crippen molar-refractivity contribution in [3.8, 4) is 0 Å². The van der Waals surface area contributed by atoms with Crippen molar-refractivity contribution in [1.29, 1.82) is 0 Å². The van der Waals surface area contributed by atoms with E-state index in [0.29, 0.717) is 12.1 Å². The van der Waals surface area contributed by atoms with Crippen LogP contribution in [0.4, 0.5) is 0 Å². The zero-order valence-electron chi connectivity index (χ0n) is 7.66. The minimum absolute atomic E-state index is 0.454. The molecule has 1 heterocycles. The molecule has 3 N–H and O–H groups in total. The van der Waals surface area contributed by atoms with E-state index in [1.807, 2.05) is 18.7 Å². The SMILES string of the molecule is CNCc1cc(C(=O)NO)cn1C. The van der Waals surface area contributed by atoms with Gasteiger partial charge >= 0.3 is 0 Å². The molecule has 5 heteroatoms. The molecule has 0 aliphatic carbocycles. The predicted octanol–water partition coefficient (Wildman–Crippen LogP) is -0.137. The van der Waals surface area contributed by atoms with E-state index in [1.165, 1.54) is 0 Å². The Morgan fingerprint density at radius 1 is 1.69 bits per heavy atom. The molecule has 1 amide bonds. The molecular weight excluding hydrogens is 170 g/mol. The van der Waals surface area contributed by atoms with Crippen molar-refractivity contribution < 1.29 is 10.0 Å². The molecule has 0 radical (unpaired) electrons. The number of rotatable bonds is 3. The largest absolute Gasteiger partial charge is 0.352 e. The smallest absolute Gasteiger partial charge is 0.276 e. The highest BCUT2D eigenvalue weighted by Gasteiger charge is 2.08. The molecule has 0 aliphatic heterocycles. The van der Waals surface area contributed by atoms with Crippen LogP contribution in [0.5, 0.6) is 0 Å². The molecule has 5 nitrogen and oxygen atoms in total. The molecule has 1 aromatic heterocycles. The van der Waals surface area contributed by atoms with Crippen molar-refractivity contribution in [3.05, 3.63) is 23.5 Å². The van der Waals surface area contributed by atoms with Gasteiger partial charge in [0, 0.05) is 25.5 Å². The molecule has 1 aromatic rings. The second-order valence-electron chi connectivity index (χ2n) is 2.80. The number of amides is 1. The molecule has 1 rings (SSSR count). The fraction of sp³-hybridized carbons (Fsp3) is 0.375. The molecule has 0 fully saturated rings. The first-order chi connectivity index (χ1) is 6.19. The molecule has 0 saturated carbocycles. The van der Waals surface area contributed by atoms with E-state index in [4.69, 9.17) is 5.21 Å². The first kappa shape index (κ1) is 9.76. The van der Waals surface area contributed by atoms with E-state index >= 15 is 0 Å². The minimum Gasteiger partial charge on any atom is -0.352 e. The van der Waals surface area contributed by atoms with Crippen LogP contribution in [-0.4, -0.2) is 22.7 Å². The highest BCUT2D eigenvalue weighted by molar-refractivity contribution is 5.93. The van der Waals surface area contributed by atoms with Crippen LogP contribution in [0.2, 0.25) is 0 Å². The monoisotopic (exact) mass is 183 g/mol. The average Bonchev–Trinajstić information content (AvgIpc) is 2.47. The van der Waals surface area contributed by atoms with Crippen LogP contribution in [0.1, 0.15) is 16.1 Å². The third-order valence-corrected chi connectivity index (χ3v) is 1.83. The molecule has 0 saturated heterocycles. The maximum atomic E-state index is 11.0. The minimum atomic E-state index is -0.488. The number of nitrogens with zero attached hydrogens (tertiary/aromatic N) is 1. The summed E-state index contributed by atoms with van der Waals surface area (Å²) < 4.78 is 1.83. The maximum Gasteiger partial charge on any atom is 0.276 e. The van der Waals surface area contributed by atoms with Crippen molar-refractivity contribution in [2.45, 2.75) is 6.54 Å². The third kappa shape index (κ3) is 2.07.